The van der Waals surface area contributed by atoms with Gasteiger partial charge < -0.3 is 14.9 Å². The van der Waals surface area contributed by atoms with Gasteiger partial charge in [-0.1, -0.05) is 31.1 Å². The molecule has 2 aromatic heterocycles. The molecule has 0 saturated heterocycles. The van der Waals surface area contributed by atoms with Gasteiger partial charge in [0, 0.05) is 17.8 Å². The lowest BCUT2D eigenvalue weighted by molar-refractivity contribution is -0.136. The van der Waals surface area contributed by atoms with Crippen molar-refractivity contribution in [2.24, 2.45) is 0 Å². The largest absolute Gasteiger partial charge is 0.481 e. The van der Waals surface area contributed by atoms with E-state index in [1.165, 1.54) is 0 Å². The fourth-order valence-electron chi connectivity index (χ4n) is 2.79. The van der Waals surface area contributed by atoms with Crippen molar-refractivity contribution in [3.8, 4) is 0 Å². The summed E-state index contributed by atoms with van der Waals surface area (Å²) < 4.78 is 5.25. The Labute approximate surface area is 156 Å². The van der Waals surface area contributed by atoms with Gasteiger partial charge in [-0.2, -0.15) is 0 Å². The van der Waals surface area contributed by atoms with Crippen molar-refractivity contribution in [2.75, 3.05) is 5.32 Å². The first-order valence-electron chi connectivity index (χ1n) is 8.74. The molecule has 0 radical (unpaired) electrons. The van der Waals surface area contributed by atoms with Gasteiger partial charge in [-0.3, -0.25) is 9.59 Å². The van der Waals surface area contributed by atoms with E-state index < -0.39 is 5.97 Å². The molecule has 2 N–H and O–H groups in total. The van der Waals surface area contributed by atoms with Crippen LogP contribution < -0.4 is 5.32 Å². The van der Waals surface area contributed by atoms with E-state index in [0.29, 0.717) is 34.5 Å². The second-order valence-corrected chi connectivity index (χ2v) is 6.74. The van der Waals surface area contributed by atoms with Crippen molar-refractivity contribution < 1.29 is 19.2 Å². The third kappa shape index (κ3) is 4.13. The summed E-state index contributed by atoms with van der Waals surface area (Å²) in [5, 5.41) is 16.2. The molecule has 7 heteroatoms. The number of aliphatic carboxylic acids is 1. The highest BCUT2D eigenvalue weighted by Gasteiger charge is 2.19. The lowest BCUT2D eigenvalue weighted by Crippen LogP contribution is -2.14. The number of benzene rings is 1. The second-order valence-electron chi connectivity index (χ2n) is 6.74. The number of nitrogens with one attached hydrogen (secondary N) is 1. The van der Waals surface area contributed by atoms with E-state index >= 15 is 0 Å². The van der Waals surface area contributed by atoms with Gasteiger partial charge in [-0.15, -0.1) is 0 Å². The van der Waals surface area contributed by atoms with Gasteiger partial charge in [-0.05, 0) is 43.0 Å². The number of aromatic nitrogens is 2. The first-order chi connectivity index (χ1) is 12.8. The molecule has 0 atom stereocenters. The van der Waals surface area contributed by atoms with Crippen molar-refractivity contribution in [3.63, 3.8) is 0 Å². The summed E-state index contributed by atoms with van der Waals surface area (Å²) in [5.41, 5.74) is 3.72. The Bertz CT molecular complexity index is 990. The number of aryl methyl sites for hydroxylation is 2. The molecule has 0 bridgehead atoms. The summed E-state index contributed by atoms with van der Waals surface area (Å²) in [6, 6.07) is 8.91. The molecule has 7 nitrogen and oxygen atoms in total. The minimum Gasteiger partial charge on any atom is -0.481 e. The van der Waals surface area contributed by atoms with E-state index in [2.05, 4.69) is 15.5 Å². The number of carboxylic acid groups (broad SMARTS) is 1. The van der Waals surface area contributed by atoms with E-state index in [1.807, 2.05) is 26.0 Å². The third-order valence-electron chi connectivity index (χ3n) is 4.31. The highest BCUT2D eigenvalue weighted by atomic mass is 16.5. The van der Waals surface area contributed by atoms with Crippen LogP contribution in [0, 0.1) is 6.92 Å². The maximum Gasteiger partial charge on any atom is 0.303 e. The Kier molecular flexibility index (Phi) is 5.21. The van der Waals surface area contributed by atoms with Crippen LogP contribution in [0.25, 0.3) is 11.1 Å². The Morgan fingerprint density at radius 1 is 1.22 bits per heavy atom. The number of amides is 1. The van der Waals surface area contributed by atoms with Crippen molar-refractivity contribution in [3.05, 3.63) is 52.8 Å². The van der Waals surface area contributed by atoms with Crippen LogP contribution in [0.5, 0.6) is 0 Å². The quantitative estimate of drug-likeness (QED) is 0.684. The number of carbonyl (C=O) groups excluding carboxylic acids is 1. The first-order valence-corrected chi connectivity index (χ1v) is 8.74. The number of nitrogens with zero attached hydrogens (tertiary/aromatic N) is 2. The Morgan fingerprint density at radius 2 is 1.93 bits per heavy atom. The number of carbonyl (C=O) groups is 2. The summed E-state index contributed by atoms with van der Waals surface area (Å²) in [6.07, 6.45) is 0.525. The van der Waals surface area contributed by atoms with Crippen LogP contribution in [0.3, 0.4) is 0 Å². The van der Waals surface area contributed by atoms with Crippen molar-refractivity contribution in [2.45, 2.75) is 39.5 Å². The third-order valence-corrected chi connectivity index (χ3v) is 4.31. The topological polar surface area (TPSA) is 105 Å². The van der Waals surface area contributed by atoms with Crippen LogP contribution in [0.2, 0.25) is 0 Å². The van der Waals surface area contributed by atoms with Gasteiger partial charge in [0.25, 0.3) is 11.6 Å². The standard InChI is InChI=1S/C20H21N3O4/c1-11(2)16-10-15(18-12(3)23-27-20(18)22-16)19(26)21-14-7-4-13(5-8-14)6-9-17(24)25/h4-5,7-8,10-11H,6,9H2,1-3H3,(H,21,26)(H,24,25). The SMILES string of the molecule is Cc1noc2nc(C(C)C)cc(C(=O)Nc3ccc(CCC(=O)O)cc3)c12. The lowest BCUT2D eigenvalue weighted by atomic mass is 10.0. The average molecular weight is 367 g/mol. The maximum atomic E-state index is 12.9. The lowest BCUT2D eigenvalue weighted by Gasteiger charge is -2.10. The number of carboxylic acids is 1. The zero-order valence-electron chi connectivity index (χ0n) is 15.4. The number of pyridine rings is 1. The van der Waals surface area contributed by atoms with Gasteiger partial charge in [0.05, 0.1) is 16.6 Å². The predicted octanol–water partition coefficient (Wildman–Crippen LogP) is 3.92. The normalized spacial score (nSPS) is 11.1. The van der Waals surface area contributed by atoms with Crippen molar-refractivity contribution in [1.82, 2.24) is 10.1 Å². The monoisotopic (exact) mass is 367 g/mol. The molecule has 0 aliphatic rings. The van der Waals surface area contributed by atoms with Crippen LogP contribution >= 0.6 is 0 Å². The maximum absolute atomic E-state index is 12.9. The molecule has 0 spiro atoms. The van der Waals surface area contributed by atoms with Crippen molar-refractivity contribution >= 4 is 28.7 Å². The zero-order chi connectivity index (χ0) is 19.6. The van der Waals surface area contributed by atoms with Gasteiger partial charge >= 0.3 is 5.97 Å². The number of fused-ring (bicyclic) bond motifs is 1. The molecule has 1 amide bonds. The number of rotatable bonds is 6. The van der Waals surface area contributed by atoms with E-state index in [4.69, 9.17) is 9.63 Å². The fourth-order valence-corrected chi connectivity index (χ4v) is 2.79. The van der Waals surface area contributed by atoms with E-state index in [-0.39, 0.29) is 18.2 Å². The van der Waals surface area contributed by atoms with Gasteiger partial charge in [0.2, 0.25) is 0 Å². The summed E-state index contributed by atoms with van der Waals surface area (Å²) in [6.45, 7) is 5.76. The van der Waals surface area contributed by atoms with Crippen LogP contribution in [-0.2, 0) is 11.2 Å². The van der Waals surface area contributed by atoms with E-state index in [1.54, 1.807) is 25.1 Å². The fraction of sp³-hybridized carbons (Fsp3) is 0.300. The molecule has 0 aliphatic heterocycles. The molecular weight excluding hydrogens is 346 g/mol. The minimum absolute atomic E-state index is 0.0748. The summed E-state index contributed by atoms with van der Waals surface area (Å²) in [4.78, 5) is 28.0. The summed E-state index contributed by atoms with van der Waals surface area (Å²) in [7, 11) is 0. The molecular formula is C20H21N3O4. The van der Waals surface area contributed by atoms with Crippen LogP contribution in [-0.4, -0.2) is 27.1 Å². The average Bonchev–Trinajstić information content (AvgIpc) is 3.01. The van der Waals surface area contributed by atoms with Gasteiger partial charge in [0.1, 0.15) is 0 Å². The molecule has 3 rings (SSSR count). The first kappa shape index (κ1) is 18.6. The number of anilines is 1. The molecule has 0 fully saturated rings. The Hall–Kier alpha value is -3.22. The molecule has 0 unspecified atom stereocenters. The molecule has 0 saturated carbocycles. The van der Waals surface area contributed by atoms with E-state index in [9.17, 15) is 9.59 Å². The van der Waals surface area contributed by atoms with Gasteiger partial charge in [0.15, 0.2) is 0 Å². The summed E-state index contributed by atoms with van der Waals surface area (Å²) >= 11 is 0. The molecule has 27 heavy (non-hydrogen) atoms. The van der Waals surface area contributed by atoms with Crippen molar-refractivity contribution in [1.29, 1.82) is 0 Å². The van der Waals surface area contributed by atoms with E-state index in [0.717, 1.165) is 11.3 Å². The van der Waals surface area contributed by atoms with Crippen LogP contribution in [0.4, 0.5) is 5.69 Å². The minimum atomic E-state index is -0.834. The number of hydrogen-bond acceptors (Lipinski definition) is 5. The zero-order valence-corrected chi connectivity index (χ0v) is 15.4. The molecule has 3 aromatic rings. The predicted molar refractivity (Wildman–Crippen MR) is 101 cm³/mol. The molecule has 1 aromatic carbocycles. The highest BCUT2D eigenvalue weighted by molar-refractivity contribution is 6.12. The number of hydrogen-bond donors (Lipinski definition) is 2. The van der Waals surface area contributed by atoms with Crippen LogP contribution in [0.1, 0.15) is 53.5 Å². The Morgan fingerprint density at radius 3 is 2.56 bits per heavy atom. The summed E-state index contributed by atoms with van der Waals surface area (Å²) in [5.74, 6) is -0.965. The molecule has 140 valence electrons. The second kappa shape index (κ2) is 7.57. The van der Waals surface area contributed by atoms with Gasteiger partial charge in [-0.25, -0.2) is 4.98 Å². The molecule has 2 heterocycles. The van der Waals surface area contributed by atoms with Crippen LogP contribution in [0.15, 0.2) is 34.9 Å². The highest BCUT2D eigenvalue weighted by Crippen LogP contribution is 2.26. The molecule has 0 aliphatic carbocycles. The smallest absolute Gasteiger partial charge is 0.303 e. The Balaban J connectivity index is 1.85.